The van der Waals surface area contributed by atoms with E-state index in [0.717, 1.165) is 12.8 Å². The minimum atomic E-state index is -1.29. The van der Waals surface area contributed by atoms with Gasteiger partial charge in [0.25, 0.3) is 0 Å². The minimum Gasteiger partial charge on any atom is -0.380 e. The highest BCUT2D eigenvalue weighted by molar-refractivity contribution is 5.85. The molecule has 0 saturated heterocycles. The van der Waals surface area contributed by atoms with Crippen LogP contribution in [0.15, 0.2) is 0 Å². The van der Waals surface area contributed by atoms with Crippen molar-refractivity contribution < 1.29 is 9.90 Å². The molecule has 51 valence electrons. The Kier molecular flexibility index (Phi) is 1.45. The summed E-state index contributed by atoms with van der Waals surface area (Å²) in [6.45, 7) is 0. The van der Waals surface area contributed by atoms with E-state index in [-0.39, 0.29) is 0 Å². The van der Waals surface area contributed by atoms with Crippen molar-refractivity contribution in [3.8, 4) is 0 Å². The number of rotatable bonds is 1. The normalized spacial score (nSPS) is 24.1. The number of primary amides is 1. The third kappa shape index (κ3) is 1.05. The van der Waals surface area contributed by atoms with E-state index in [1.807, 2.05) is 0 Å². The van der Waals surface area contributed by atoms with Crippen molar-refractivity contribution in [1.29, 1.82) is 0 Å². The highest BCUT2D eigenvalue weighted by atomic mass is 16.3. The van der Waals surface area contributed by atoms with Crippen molar-refractivity contribution in [2.45, 2.75) is 24.9 Å². The second-order valence-corrected chi connectivity index (χ2v) is 2.38. The molecule has 9 heavy (non-hydrogen) atoms. The zero-order valence-electron chi connectivity index (χ0n) is 5.13. The van der Waals surface area contributed by atoms with E-state index in [1.54, 1.807) is 6.42 Å². The Bertz CT molecular complexity index is 127. The van der Waals surface area contributed by atoms with E-state index >= 15 is 0 Å². The van der Waals surface area contributed by atoms with E-state index in [0.29, 0.717) is 6.42 Å². The predicted molar refractivity (Wildman–Crippen MR) is 32.3 cm³/mol. The molecule has 1 aliphatic carbocycles. The number of aliphatic hydroxyl groups is 1. The van der Waals surface area contributed by atoms with Crippen LogP contribution in [0, 0.1) is 6.42 Å². The Labute approximate surface area is 53.9 Å². The first-order chi connectivity index (χ1) is 4.15. The van der Waals surface area contributed by atoms with Crippen LogP contribution in [-0.2, 0) is 4.79 Å². The number of hydrogen-bond donors (Lipinski definition) is 2. The van der Waals surface area contributed by atoms with E-state index < -0.39 is 11.5 Å². The smallest absolute Gasteiger partial charge is 0.249 e. The summed E-state index contributed by atoms with van der Waals surface area (Å²) >= 11 is 0. The van der Waals surface area contributed by atoms with Crippen LogP contribution in [0.3, 0.4) is 0 Å². The van der Waals surface area contributed by atoms with Crippen molar-refractivity contribution in [1.82, 2.24) is 0 Å². The van der Waals surface area contributed by atoms with Crippen molar-refractivity contribution in [3.63, 3.8) is 0 Å². The van der Waals surface area contributed by atoms with Gasteiger partial charge in [-0.05, 0) is 19.3 Å². The fourth-order valence-electron chi connectivity index (χ4n) is 1.04. The zero-order chi connectivity index (χ0) is 6.91. The fourth-order valence-corrected chi connectivity index (χ4v) is 1.04. The molecule has 3 heteroatoms. The molecule has 1 rings (SSSR count). The first-order valence-corrected chi connectivity index (χ1v) is 3.02. The van der Waals surface area contributed by atoms with Gasteiger partial charge in [-0.2, -0.15) is 0 Å². The van der Waals surface area contributed by atoms with Gasteiger partial charge < -0.3 is 10.8 Å². The highest BCUT2D eigenvalue weighted by Gasteiger charge is 2.36. The lowest BCUT2D eigenvalue weighted by Gasteiger charge is -2.15. The number of amides is 1. The quantitative estimate of drug-likeness (QED) is 0.504. The Morgan fingerprint density at radius 2 is 2.44 bits per heavy atom. The lowest BCUT2D eigenvalue weighted by molar-refractivity contribution is -0.132. The van der Waals surface area contributed by atoms with Gasteiger partial charge in [-0.25, -0.2) is 0 Å². The predicted octanol–water partition coefficient (Wildman–Crippen LogP) is -0.409. The van der Waals surface area contributed by atoms with Gasteiger partial charge in [-0.15, -0.1) is 0 Å². The van der Waals surface area contributed by atoms with E-state index in [9.17, 15) is 9.90 Å². The van der Waals surface area contributed by atoms with Crippen LogP contribution < -0.4 is 5.73 Å². The first-order valence-electron chi connectivity index (χ1n) is 3.02. The molecule has 3 nitrogen and oxygen atoms in total. The van der Waals surface area contributed by atoms with Crippen molar-refractivity contribution in [2.24, 2.45) is 5.73 Å². The van der Waals surface area contributed by atoms with Crippen molar-refractivity contribution in [2.75, 3.05) is 0 Å². The average molecular weight is 128 g/mol. The highest BCUT2D eigenvalue weighted by Crippen LogP contribution is 2.27. The number of hydrogen-bond acceptors (Lipinski definition) is 2. The standard InChI is InChI=1S/C6H10NO2/c7-5(8)6(9)3-1-2-4-6/h3,9H,1-2,4H2,(H2,7,8)/t6-/m1/s1. The minimum absolute atomic E-state index is 0.488. The molecule has 1 radical (unpaired) electrons. The van der Waals surface area contributed by atoms with Gasteiger partial charge in [0.2, 0.25) is 5.91 Å². The molecule has 0 aliphatic heterocycles. The Morgan fingerprint density at radius 1 is 1.78 bits per heavy atom. The Balaban J connectivity index is 2.61. The second-order valence-electron chi connectivity index (χ2n) is 2.38. The third-order valence-electron chi connectivity index (χ3n) is 1.67. The molecular formula is C6H10NO2. The summed E-state index contributed by atoms with van der Waals surface area (Å²) in [5, 5.41) is 9.24. The van der Waals surface area contributed by atoms with Crippen LogP contribution in [0.2, 0.25) is 0 Å². The summed E-state index contributed by atoms with van der Waals surface area (Å²) < 4.78 is 0. The molecule has 0 bridgehead atoms. The zero-order valence-corrected chi connectivity index (χ0v) is 5.13. The lowest BCUT2D eigenvalue weighted by Crippen LogP contribution is -2.41. The van der Waals surface area contributed by atoms with Crippen LogP contribution in [0.5, 0.6) is 0 Å². The van der Waals surface area contributed by atoms with Crippen molar-refractivity contribution in [3.05, 3.63) is 6.42 Å². The monoisotopic (exact) mass is 128 g/mol. The largest absolute Gasteiger partial charge is 0.380 e. The summed E-state index contributed by atoms with van der Waals surface area (Å²) in [4.78, 5) is 10.5. The molecule has 1 amide bonds. The molecule has 0 aromatic rings. The molecule has 1 atom stereocenters. The molecular weight excluding hydrogens is 118 g/mol. The molecule has 1 fully saturated rings. The van der Waals surface area contributed by atoms with Crippen LogP contribution in [0.1, 0.15) is 19.3 Å². The van der Waals surface area contributed by atoms with Crippen molar-refractivity contribution >= 4 is 5.91 Å². The summed E-state index contributed by atoms with van der Waals surface area (Å²) in [5.74, 6) is -0.625. The Hall–Kier alpha value is -0.570. The SMILES string of the molecule is NC(=O)[C@@]1(O)[CH]CCC1. The number of carbonyl (C=O) groups is 1. The molecule has 1 aliphatic rings. The summed E-state index contributed by atoms with van der Waals surface area (Å²) in [6.07, 6.45) is 3.72. The summed E-state index contributed by atoms with van der Waals surface area (Å²) in [7, 11) is 0. The van der Waals surface area contributed by atoms with Gasteiger partial charge in [0.15, 0.2) is 0 Å². The van der Waals surface area contributed by atoms with Crippen LogP contribution in [0.4, 0.5) is 0 Å². The molecule has 0 aromatic heterocycles. The third-order valence-corrected chi connectivity index (χ3v) is 1.67. The van der Waals surface area contributed by atoms with E-state index in [2.05, 4.69) is 0 Å². The average Bonchev–Trinajstić information content (AvgIpc) is 2.16. The van der Waals surface area contributed by atoms with Gasteiger partial charge in [-0.3, -0.25) is 4.79 Å². The van der Waals surface area contributed by atoms with E-state index in [1.165, 1.54) is 0 Å². The maximum absolute atomic E-state index is 10.5. The topological polar surface area (TPSA) is 63.3 Å². The van der Waals surface area contributed by atoms with Gasteiger partial charge >= 0.3 is 0 Å². The lowest BCUT2D eigenvalue weighted by atomic mass is 10.0. The summed E-state index contributed by atoms with van der Waals surface area (Å²) in [5.41, 5.74) is 3.62. The fraction of sp³-hybridized carbons (Fsp3) is 0.667. The van der Waals surface area contributed by atoms with Gasteiger partial charge in [0.05, 0.1) is 0 Å². The van der Waals surface area contributed by atoms with E-state index in [4.69, 9.17) is 5.73 Å². The molecule has 0 unspecified atom stereocenters. The maximum Gasteiger partial charge on any atom is 0.249 e. The second kappa shape index (κ2) is 1.99. The Morgan fingerprint density at radius 3 is 2.67 bits per heavy atom. The molecule has 0 heterocycles. The van der Waals surface area contributed by atoms with Crippen LogP contribution in [0.25, 0.3) is 0 Å². The van der Waals surface area contributed by atoms with Gasteiger partial charge in [0, 0.05) is 6.42 Å². The van der Waals surface area contributed by atoms with Gasteiger partial charge in [0.1, 0.15) is 5.60 Å². The van der Waals surface area contributed by atoms with Crippen LogP contribution in [-0.4, -0.2) is 16.6 Å². The molecule has 0 aromatic carbocycles. The number of nitrogens with two attached hydrogens (primary N) is 1. The van der Waals surface area contributed by atoms with Crippen LogP contribution >= 0.6 is 0 Å². The maximum atomic E-state index is 10.5. The molecule has 1 saturated carbocycles. The molecule has 0 spiro atoms. The number of carbonyl (C=O) groups excluding carboxylic acids is 1. The molecule has 3 N–H and O–H groups in total. The summed E-state index contributed by atoms with van der Waals surface area (Å²) in [6, 6.07) is 0. The first kappa shape index (κ1) is 6.55. The van der Waals surface area contributed by atoms with Gasteiger partial charge in [-0.1, -0.05) is 0 Å².